The molecule has 0 aliphatic carbocycles. The van der Waals surface area contributed by atoms with Gasteiger partial charge in [0.2, 0.25) is 0 Å². The fraction of sp³-hybridized carbons (Fsp3) is 0.267. The first kappa shape index (κ1) is 14.9. The van der Waals surface area contributed by atoms with E-state index in [1.54, 1.807) is 18.2 Å². The Hall–Kier alpha value is -1.52. The summed E-state index contributed by atoms with van der Waals surface area (Å²) < 4.78 is 11.9. The molecule has 0 atom stereocenters. The minimum absolute atomic E-state index is 0.384. The van der Waals surface area contributed by atoms with Crippen molar-refractivity contribution in [3.8, 4) is 11.5 Å². The van der Waals surface area contributed by atoms with Crippen molar-refractivity contribution < 1.29 is 14.3 Å². The highest BCUT2D eigenvalue weighted by Gasteiger charge is 2.07. The summed E-state index contributed by atoms with van der Waals surface area (Å²) in [6, 6.07) is 8.95. The van der Waals surface area contributed by atoms with Crippen LogP contribution < -0.4 is 9.47 Å². The summed E-state index contributed by atoms with van der Waals surface area (Å²) in [5, 5.41) is 0. The molecule has 3 nitrogen and oxygen atoms in total. The Morgan fingerprint density at radius 2 is 2.10 bits per heavy atom. The molecule has 0 aliphatic rings. The smallest absolute Gasteiger partial charge is 0.153 e. The summed E-state index contributed by atoms with van der Waals surface area (Å²) in [5.41, 5.74) is 0.511. The number of rotatable bonds is 7. The maximum Gasteiger partial charge on any atom is 0.153 e. The predicted molar refractivity (Wildman–Crippen MR) is 81.3 cm³/mol. The summed E-state index contributed by atoms with van der Waals surface area (Å²) in [6.07, 6.45) is 1.71. The Labute approximate surface area is 127 Å². The van der Waals surface area contributed by atoms with E-state index >= 15 is 0 Å². The lowest BCUT2D eigenvalue weighted by Gasteiger charge is -2.10. The van der Waals surface area contributed by atoms with Gasteiger partial charge in [0, 0.05) is 10.9 Å². The number of halogens is 1. The number of hydrogen-bond donors (Lipinski definition) is 0. The molecule has 2 aromatic rings. The molecule has 20 heavy (non-hydrogen) atoms. The molecule has 1 heterocycles. The second-order valence-electron chi connectivity index (χ2n) is 4.16. The molecule has 1 aromatic heterocycles. The Morgan fingerprint density at radius 1 is 1.25 bits per heavy atom. The summed E-state index contributed by atoms with van der Waals surface area (Å²) in [7, 11) is 0. The summed E-state index contributed by atoms with van der Waals surface area (Å²) in [5.74, 6) is 1.23. The molecule has 0 N–H and O–H groups in total. The van der Waals surface area contributed by atoms with Gasteiger partial charge in [-0.25, -0.2) is 0 Å². The van der Waals surface area contributed by atoms with E-state index in [-0.39, 0.29) is 0 Å². The van der Waals surface area contributed by atoms with Crippen LogP contribution in [-0.4, -0.2) is 12.9 Å². The van der Waals surface area contributed by atoms with Crippen molar-refractivity contribution in [2.24, 2.45) is 0 Å². The van der Waals surface area contributed by atoms with Crippen LogP contribution >= 0.6 is 22.9 Å². The second-order valence-corrected chi connectivity index (χ2v) is 5.96. The minimum Gasteiger partial charge on any atom is -0.493 e. The van der Waals surface area contributed by atoms with Crippen molar-refractivity contribution in [1.82, 2.24) is 0 Å². The number of aldehydes is 1. The summed E-state index contributed by atoms with van der Waals surface area (Å²) >= 11 is 7.33. The van der Waals surface area contributed by atoms with E-state index in [2.05, 4.69) is 0 Å². The van der Waals surface area contributed by atoms with Crippen molar-refractivity contribution in [1.29, 1.82) is 0 Å². The van der Waals surface area contributed by atoms with Gasteiger partial charge in [-0.2, -0.15) is 0 Å². The van der Waals surface area contributed by atoms with Crippen LogP contribution in [0.1, 0.15) is 28.6 Å². The SMILES string of the molecule is CCCOc1ccc(C=O)c(OCc2ccc(Cl)s2)c1. The molecular weight excluding hydrogens is 296 g/mol. The van der Waals surface area contributed by atoms with E-state index in [0.29, 0.717) is 30.3 Å². The largest absolute Gasteiger partial charge is 0.493 e. The lowest BCUT2D eigenvalue weighted by Crippen LogP contribution is -1.99. The third-order valence-corrected chi connectivity index (χ3v) is 3.79. The molecule has 0 fully saturated rings. The van der Waals surface area contributed by atoms with Crippen molar-refractivity contribution in [2.45, 2.75) is 20.0 Å². The highest BCUT2D eigenvalue weighted by Crippen LogP contribution is 2.27. The highest BCUT2D eigenvalue weighted by atomic mass is 35.5. The lowest BCUT2D eigenvalue weighted by atomic mass is 10.2. The summed E-state index contributed by atoms with van der Waals surface area (Å²) in [4.78, 5) is 12.0. The molecule has 5 heteroatoms. The van der Waals surface area contributed by atoms with Crippen LogP contribution in [0.3, 0.4) is 0 Å². The number of hydrogen-bond acceptors (Lipinski definition) is 4. The molecule has 0 aliphatic heterocycles. The quantitative estimate of drug-likeness (QED) is 0.702. The zero-order valence-electron chi connectivity index (χ0n) is 11.1. The van der Waals surface area contributed by atoms with Gasteiger partial charge < -0.3 is 9.47 Å². The summed E-state index contributed by atoms with van der Waals surface area (Å²) in [6.45, 7) is 3.06. The zero-order valence-corrected chi connectivity index (χ0v) is 12.7. The first-order valence-corrected chi connectivity index (χ1v) is 7.51. The van der Waals surface area contributed by atoms with Crippen LogP contribution in [0, 0.1) is 0 Å². The van der Waals surface area contributed by atoms with E-state index in [9.17, 15) is 4.79 Å². The molecule has 106 valence electrons. The molecule has 0 saturated carbocycles. The van der Waals surface area contributed by atoms with Crippen LogP contribution in [0.25, 0.3) is 0 Å². The third kappa shape index (κ3) is 3.99. The van der Waals surface area contributed by atoms with Gasteiger partial charge in [0.1, 0.15) is 18.1 Å². The Morgan fingerprint density at radius 3 is 2.75 bits per heavy atom. The molecule has 0 radical (unpaired) electrons. The lowest BCUT2D eigenvalue weighted by molar-refractivity contribution is 0.111. The van der Waals surface area contributed by atoms with Crippen LogP contribution in [0.4, 0.5) is 0 Å². The predicted octanol–water partition coefficient (Wildman–Crippen LogP) is 4.58. The van der Waals surface area contributed by atoms with Crippen LogP contribution in [-0.2, 0) is 6.61 Å². The van der Waals surface area contributed by atoms with Crippen molar-refractivity contribution in [3.63, 3.8) is 0 Å². The van der Waals surface area contributed by atoms with E-state index in [1.807, 2.05) is 19.1 Å². The molecule has 0 unspecified atom stereocenters. The normalized spacial score (nSPS) is 10.3. The molecule has 0 spiro atoms. The van der Waals surface area contributed by atoms with E-state index in [4.69, 9.17) is 21.1 Å². The average molecular weight is 311 g/mol. The number of carbonyl (C=O) groups is 1. The van der Waals surface area contributed by atoms with Gasteiger partial charge >= 0.3 is 0 Å². The fourth-order valence-electron chi connectivity index (χ4n) is 1.62. The van der Waals surface area contributed by atoms with E-state index in [1.165, 1.54) is 11.3 Å². The third-order valence-electron chi connectivity index (χ3n) is 2.58. The standard InChI is InChI=1S/C15H15ClO3S/c1-2-7-18-12-4-3-11(9-17)14(8-12)19-10-13-5-6-15(16)20-13/h3-6,8-9H,2,7,10H2,1H3. The molecule has 1 aromatic carbocycles. The minimum atomic E-state index is 0.384. The second kappa shape index (κ2) is 7.31. The van der Waals surface area contributed by atoms with Crippen LogP contribution in [0.2, 0.25) is 4.34 Å². The average Bonchev–Trinajstić information content (AvgIpc) is 2.88. The number of carbonyl (C=O) groups excluding carboxylic acids is 1. The van der Waals surface area contributed by atoms with Gasteiger partial charge in [0.15, 0.2) is 6.29 Å². The van der Waals surface area contributed by atoms with Crippen LogP contribution in [0.15, 0.2) is 30.3 Å². The van der Waals surface area contributed by atoms with E-state index < -0.39 is 0 Å². The van der Waals surface area contributed by atoms with Crippen molar-refractivity contribution >= 4 is 29.2 Å². The van der Waals surface area contributed by atoms with E-state index in [0.717, 1.165) is 21.9 Å². The number of ether oxygens (including phenoxy) is 2. The van der Waals surface area contributed by atoms with Gasteiger partial charge in [-0.1, -0.05) is 18.5 Å². The zero-order chi connectivity index (χ0) is 14.4. The van der Waals surface area contributed by atoms with Gasteiger partial charge in [-0.3, -0.25) is 4.79 Å². The molecule has 0 bridgehead atoms. The van der Waals surface area contributed by atoms with Gasteiger partial charge in [0.05, 0.1) is 16.5 Å². The Kier molecular flexibility index (Phi) is 5.44. The monoisotopic (exact) mass is 310 g/mol. The van der Waals surface area contributed by atoms with Crippen LogP contribution in [0.5, 0.6) is 11.5 Å². The van der Waals surface area contributed by atoms with Crippen molar-refractivity contribution in [3.05, 3.63) is 45.1 Å². The fourth-order valence-corrected chi connectivity index (χ4v) is 2.63. The Balaban J connectivity index is 2.09. The maximum absolute atomic E-state index is 11.0. The van der Waals surface area contributed by atoms with Gasteiger partial charge in [0.25, 0.3) is 0 Å². The van der Waals surface area contributed by atoms with Crippen molar-refractivity contribution in [2.75, 3.05) is 6.61 Å². The highest BCUT2D eigenvalue weighted by molar-refractivity contribution is 7.16. The number of thiophene rings is 1. The molecular formula is C15H15ClO3S. The first-order valence-electron chi connectivity index (χ1n) is 6.32. The Bertz CT molecular complexity index is 580. The molecule has 2 rings (SSSR count). The number of benzene rings is 1. The molecule has 0 amide bonds. The van der Waals surface area contributed by atoms with Gasteiger partial charge in [-0.15, -0.1) is 11.3 Å². The van der Waals surface area contributed by atoms with Gasteiger partial charge in [-0.05, 0) is 30.7 Å². The topological polar surface area (TPSA) is 35.5 Å². The molecule has 0 saturated heterocycles. The maximum atomic E-state index is 11.0. The first-order chi connectivity index (χ1) is 9.72.